The standard InChI is InChI=1S/C34H39F3O/c1-3-5-7-9-11-27-17-20-30(34(37)33(27)36)26-15-13-25(14-16-26)29-19-18-28(22-31(29)35)32-21-12-24(23-38-32)10-8-6-4-2/h5,7,13-20,22,24,32H,3-4,6,8-12,21,23H2,1-2H3. The van der Waals surface area contributed by atoms with E-state index in [0.29, 0.717) is 41.0 Å². The van der Waals surface area contributed by atoms with Gasteiger partial charge in [0.1, 0.15) is 5.82 Å². The predicted molar refractivity (Wildman–Crippen MR) is 150 cm³/mol. The Kier molecular flexibility index (Phi) is 10.2. The second-order valence-electron chi connectivity index (χ2n) is 10.4. The van der Waals surface area contributed by atoms with Crippen LogP contribution in [0.3, 0.4) is 0 Å². The van der Waals surface area contributed by atoms with Gasteiger partial charge in [-0.3, -0.25) is 0 Å². The topological polar surface area (TPSA) is 9.23 Å². The summed E-state index contributed by atoms with van der Waals surface area (Å²) in [7, 11) is 0. The molecule has 0 N–H and O–H groups in total. The van der Waals surface area contributed by atoms with Crippen LogP contribution in [0.4, 0.5) is 13.2 Å². The Balaban J connectivity index is 1.42. The molecule has 202 valence electrons. The van der Waals surface area contributed by atoms with Crippen LogP contribution in [0.2, 0.25) is 0 Å². The Hall–Kier alpha value is -2.85. The molecular formula is C34H39F3O. The van der Waals surface area contributed by atoms with Gasteiger partial charge in [-0.25, -0.2) is 13.2 Å². The molecule has 1 saturated heterocycles. The maximum Gasteiger partial charge on any atom is 0.166 e. The Morgan fingerprint density at radius 2 is 1.55 bits per heavy atom. The lowest BCUT2D eigenvalue weighted by Crippen LogP contribution is -2.20. The van der Waals surface area contributed by atoms with Gasteiger partial charge in [0.05, 0.1) is 12.7 Å². The molecule has 4 heteroatoms. The summed E-state index contributed by atoms with van der Waals surface area (Å²) in [6, 6.07) is 15.5. The van der Waals surface area contributed by atoms with Crippen LogP contribution in [0, 0.1) is 23.4 Å². The molecule has 0 radical (unpaired) electrons. The van der Waals surface area contributed by atoms with Gasteiger partial charge < -0.3 is 4.74 Å². The molecule has 4 rings (SSSR count). The Morgan fingerprint density at radius 1 is 0.816 bits per heavy atom. The van der Waals surface area contributed by atoms with Crippen LogP contribution in [0.25, 0.3) is 22.3 Å². The second-order valence-corrected chi connectivity index (χ2v) is 10.4. The van der Waals surface area contributed by atoms with E-state index in [9.17, 15) is 8.78 Å². The van der Waals surface area contributed by atoms with E-state index in [1.165, 1.54) is 25.7 Å². The third-order valence-electron chi connectivity index (χ3n) is 7.60. The van der Waals surface area contributed by atoms with Crippen molar-refractivity contribution in [1.29, 1.82) is 0 Å². The van der Waals surface area contributed by atoms with E-state index in [4.69, 9.17) is 4.74 Å². The second kappa shape index (κ2) is 13.8. The average molecular weight is 521 g/mol. The lowest BCUT2D eigenvalue weighted by atomic mass is 9.90. The van der Waals surface area contributed by atoms with E-state index in [2.05, 4.69) is 6.92 Å². The third-order valence-corrected chi connectivity index (χ3v) is 7.60. The fourth-order valence-electron chi connectivity index (χ4n) is 5.30. The first-order valence-electron chi connectivity index (χ1n) is 14.2. The monoisotopic (exact) mass is 520 g/mol. The number of benzene rings is 3. The van der Waals surface area contributed by atoms with Gasteiger partial charge in [0.2, 0.25) is 0 Å². The van der Waals surface area contributed by atoms with Crippen LogP contribution in [0.1, 0.15) is 82.4 Å². The summed E-state index contributed by atoms with van der Waals surface area (Å²) in [5, 5.41) is 0. The van der Waals surface area contributed by atoms with E-state index >= 15 is 4.39 Å². The fourth-order valence-corrected chi connectivity index (χ4v) is 5.30. The molecule has 0 saturated carbocycles. The summed E-state index contributed by atoms with van der Waals surface area (Å²) >= 11 is 0. The molecule has 1 fully saturated rings. The molecule has 2 atom stereocenters. The number of allylic oxidation sites excluding steroid dienone is 2. The summed E-state index contributed by atoms with van der Waals surface area (Å²) in [6.07, 6.45) is 13.0. The highest BCUT2D eigenvalue weighted by Crippen LogP contribution is 2.35. The fraction of sp³-hybridized carbons (Fsp3) is 0.412. The maximum atomic E-state index is 15.1. The number of hydrogen-bond donors (Lipinski definition) is 0. The van der Waals surface area contributed by atoms with Gasteiger partial charge in [-0.2, -0.15) is 0 Å². The van der Waals surface area contributed by atoms with Crippen molar-refractivity contribution in [3.63, 3.8) is 0 Å². The van der Waals surface area contributed by atoms with Crippen LogP contribution < -0.4 is 0 Å². The van der Waals surface area contributed by atoms with E-state index in [-0.39, 0.29) is 17.5 Å². The number of aryl methyl sites for hydroxylation is 1. The zero-order chi connectivity index (χ0) is 26.9. The number of ether oxygens (including phenoxy) is 1. The molecular weight excluding hydrogens is 481 g/mol. The van der Waals surface area contributed by atoms with E-state index in [0.717, 1.165) is 31.4 Å². The van der Waals surface area contributed by atoms with Crippen molar-refractivity contribution >= 4 is 0 Å². The molecule has 0 aromatic heterocycles. The first kappa shape index (κ1) is 28.2. The van der Waals surface area contributed by atoms with Crippen LogP contribution >= 0.6 is 0 Å². The molecule has 38 heavy (non-hydrogen) atoms. The largest absolute Gasteiger partial charge is 0.373 e. The van der Waals surface area contributed by atoms with Crippen molar-refractivity contribution in [3.05, 3.63) is 95.3 Å². The molecule has 3 aromatic rings. The average Bonchev–Trinajstić information content (AvgIpc) is 2.94. The summed E-state index contributed by atoms with van der Waals surface area (Å²) in [5.74, 6) is -1.33. The van der Waals surface area contributed by atoms with Crippen LogP contribution in [0.5, 0.6) is 0 Å². The van der Waals surface area contributed by atoms with Gasteiger partial charge in [-0.15, -0.1) is 0 Å². The summed E-state index contributed by atoms with van der Waals surface area (Å²) < 4.78 is 50.8. The quantitative estimate of drug-likeness (QED) is 0.180. The molecule has 0 spiro atoms. The highest BCUT2D eigenvalue weighted by atomic mass is 19.2. The van der Waals surface area contributed by atoms with Gasteiger partial charge >= 0.3 is 0 Å². The van der Waals surface area contributed by atoms with Crippen molar-refractivity contribution in [2.45, 2.75) is 77.7 Å². The van der Waals surface area contributed by atoms with Crippen molar-refractivity contribution in [2.75, 3.05) is 6.61 Å². The van der Waals surface area contributed by atoms with E-state index in [1.807, 2.05) is 25.1 Å². The normalized spacial score (nSPS) is 17.8. The highest BCUT2D eigenvalue weighted by molar-refractivity contribution is 5.71. The van der Waals surface area contributed by atoms with E-state index in [1.54, 1.807) is 48.5 Å². The number of unbranched alkanes of at least 4 members (excludes halogenated alkanes) is 2. The van der Waals surface area contributed by atoms with Gasteiger partial charge in [-0.05, 0) is 72.8 Å². The Morgan fingerprint density at radius 3 is 2.21 bits per heavy atom. The summed E-state index contributed by atoms with van der Waals surface area (Å²) in [4.78, 5) is 0. The number of hydrogen-bond acceptors (Lipinski definition) is 1. The molecule has 0 amide bonds. The predicted octanol–water partition coefficient (Wildman–Crippen LogP) is 10.4. The molecule has 0 bridgehead atoms. The third kappa shape index (κ3) is 6.96. The summed E-state index contributed by atoms with van der Waals surface area (Å²) in [5.41, 5.74) is 3.19. The Labute approximate surface area is 225 Å². The molecule has 1 nitrogen and oxygen atoms in total. The minimum Gasteiger partial charge on any atom is -0.373 e. The molecule has 1 aliphatic rings. The first-order chi connectivity index (χ1) is 18.5. The lowest BCUT2D eigenvalue weighted by Gasteiger charge is -2.29. The SMILES string of the molecule is CCC=CCCc1ccc(-c2ccc(-c3ccc(C4CCC(CCCCC)CO4)cc3F)cc2)c(F)c1F. The van der Waals surface area contributed by atoms with Crippen molar-refractivity contribution in [3.8, 4) is 22.3 Å². The summed E-state index contributed by atoms with van der Waals surface area (Å²) in [6.45, 7) is 5.00. The van der Waals surface area contributed by atoms with Crippen molar-refractivity contribution in [2.24, 2.45) is 5.92 Å². The van der Waals surface area contributed by atoms with Gasteiger partial charge in [-0.1, -0.05) is 93.8 Å². The van der Waals surface area contributed by atoms with Crippen molar-refractivity contribution in [1.82, 2.24) is 0 Å². The molecule has 1 aliphatic heterocycles. The lowest BCUT2D eigenvalue weighted by molar-refractivity contribution is -0.0200. The molecule has 1 heterocycles. The maximum absolute atomic E-state index is 15.1. The minimum atomic E-state index is -0.842. The van der Waals surface area contributed by atoms with Gasteiger partial charge in [0.15, 0.2) is 11.6 Å². The molecule has 2 unspecified atom stereocenters. The molecule has 3 aromatic carbocycles. The van der Waals surface area contributed by atoms with Crippen LogP contribution in [0.15, 0.2) is 66.7 Å². The first-order valence-corrected chi connectivity index (χ1v) is 14.2. The van der Waals surface area contributed by atoms with Crippen molar-refractivity contribution < 1.29 is 17.9 Å². The highest BCUT2D eigenvalue weighted by Gasteiger charge is 2.23. The molecule has 0 aliphatic carbocycles. The van der Waals surface area contributed by atoms with Gasteiger partial charge in [0, 0.05) is 11.1 Å². The number of halogens is 3. The number of rotatable bonds is 11. The Bertz CT molecular complexity index is 1210. The van der Waals surface area contributed by atoms with Crippen LogP contribution in [-0.4, -0.2) is 6.61 Å². The van der Waals surface area contributed by atoms with Gasteiger partial charge in [0.25, 0.3) is 0 Å². The zero-order valence-corrected chi connectivity index (χ0v) is 22.6. The minimum absolute atomic E-state index is 0.0631. The van der Waals surface area contributed by atoms with Crippen LogP contribution in [-0.2, 0) is 11.2 Å². The van der Waals surface area contributed by atoms with E-state index < -0.39 is 11.6 Å². The smallest absolute Gasteiger partial charge is 0.166 e. The zero-order valence-electron chi connectivity index (χ0n) is 22.6.